The van der Waals surface area contributed by atoms with Crippen molar-refractivity contribution in [2.45, 2.75) is 29.0 Å². The molecule has 1 N–H and O–H groups in total. The van der Waals surface area contributed by atoms with Crippen LogP contribution in [-0.2, 0) is 7.05 Å². The van der Waals surface area contributed by atoms with Crippen molar-refractivity contribution in [1.29, 1.82) is 0 Å². The van der Waals surface area contributed by atoms with Gasteiger partial charge in [0.05, 0.1) is 15.8 Å². The SMILES string of the molecule is CN1CCC(Oc2cccc3ncnc(Nc4ccc(Sc5nccn5C)c(F)c4)c23)CC1. The van der Waals surface area contributed by atoms with E-state index in [4.69, 9.17) is 4.74 Å². The number of aromatic nitrogens is 4. The van der Waals surface area contributed by atoms with Gasteiger partial charge in [-0.3, -0.25) is 0 Å². The Kier molecular flexibility index (Phi) is 6.15. The molecule has 33 heavy (non-hydrogen) atoms. The molecule has 2 aromatic heterocycles. The monoisotopic (exact) mass is 464 g/mol. The van der Waals surface area contributed by atoms with Gasteiger partial charge in [-0.15, -0.1) is 0 Å². The van der Waals surface area contributed by atoms with Gasteiger partial charge in [0, 0.05) is 38.2 Å². The van der Waals surface area contributed by atoms with Crippen LogP contribution in [0.2, 0.25) is 0 Å². The number of anilines is 2. The highest BCUT2D eigenvalue weighted by atomic mass is 32.2. The van der Waals surface area contributed by atoms with Gasteiger partial charge in [-0.1, -0.05) is 6.07 Å². The lowest BCUT2D eigenvalue weighted by molar-refractivity contribution is 0.116. The van der Waals surface area contributed by atoms with Gasteiger partial charge < -0.3 is 19.5 Å². The van der Waals surface area contributed by atoms with Crippen molar-refractivity contribution in [1.82, 2.24) is 24.4 Å². The number of halogens is 1. The largest absolute Gasteiger partial charge is 0.489 e. The predicted molar refractivity (Wildman–Crippen MR) is 128 cm³/mol. The van der Waals surface area contributed by atoms with Crippen molar-refractivity contribution in [2.75, 3.05) is 25.5 Å². The summed E-state index contributed by atoms with van der Waals surface area (Å²) in [6, 6.07) is 10.9. The first-order valence-corrected chi connectivity index (χ1v) is 11.7. The quantitative estimate of drug-likeness (QED) is 0.437. The van der Waals surface area contributed by atoms with Crippen molar-refractivity contribution in [3.8, 4) is 5.75 Å². The topological polar surface area (TPSA) is 68.1 Å². The lowest BCUT2D eigenvalue weighted by atomic mass is 10.1. The van der Waals surface area contributed by atoms with E-state index in [1.807, 2.05) is 42.1 Å². The van der Waals surface area contributed by atoms with Crippen LogP contribution in [0.3, 0.4) is 0 Å². The summed E-state index contributed by atoms with van der Waals surface area (Å²) in [5.41, 5.74) is 1.38. The number of piperidine rings is 1. The minimum Gasteiger partial charge on any atom is -0.489 e. The zero-order valence-electron chi connectivity index (χ0n) is 18.5. The van der Waals surface area contributed by atoms with E-state index in [1.54, 1.807) is 12.3 Å². The second kappa shape index (κ2) is 9.36. The highest BCUT2D eigenvalue weighted by molar-refractivity contribution is 7.99. The zero-order valence-corrected chi connectivity index (χ0v) is 19.3. The molecule has 0 spiro atoms. The number of hydrogen-bond acceptors (Lipinski definition) is 7. The summed E-state index contributed by atoms with van der Waals surface area (Å²) in [5.74, 6) is 1.01. The van der Waals surface area contributed by atoms with Gasteiger partial charge in [-0.05, 0) is 62.0 Å². The number of aryl methyl sites for hydroxylation is 1. The molecule has 3 heterocycles. The number of fused-ring (bicyclic) bond motifs is 1. The summed E-state index contributed by atoms with van der Waals surface area (Å²) in [7, 11) is 4.01. The van der Waals surface area contributed by atoms with Crippen LogP contribution in [0.25, 0.3) is 10.9 Å². The molecule has 0 unspecified atom stereocenters. The number of imidazole rings is 1. The van der Waals surface area contributed by atoms with E-state index in [2.05, 4.69) is 32.2 Å². The molecule has 0 amide bonds. The first kappa shape index (κ1) is 21.7. The predicted octanol–water partition coefficient (Wildman–Crippen LogP) is 4.87. The van der Waals surface area contributed by atoms with Crippen LogP contribution in [0.5, 0.6) is 5.75 Å². The summed E-state index contributed by atoms with van der Waals surface area (Å²) in [6.45, 7) is 2.03. The van der Waals surface area contributed by atoms with Gasteiger partial charge in [0.25, 0.3) is 0 Å². The zero-order chi connectivity index (χ0) is 22.8. The summed E-state index contributed by atoms with van der Waals surface area (Å²) < 4.78 is 23.1. The van der Waals surface area contributed by atoms with Crippen LogP contribution in [0.1, 0.15) is 12.8 Å². The van der Waals surface area contributed by atoms with Gasteiger partial charge in [-0.2, -0.15) is 0 Å². The summed E-state index contributed by atoms with van der Waals surface area (Å²) in [4.78, 5) is 15.9. The second-order valence-corrected chi connectivity index (χ2v) is 9.20. The molecule has 1 fully saturated rings. The molecule has 4 aromatic rings. The average Bonchev–Trinajstić information content (AvgIpc) is 3.22. The maximum Gasteiger partial charge on any atom is 0.172 e. The lowest BCUT2D eigenvalue weighted by Crippen LogP contribution is -2.35. The van der Waals surface area contributed by atoms with Crippen LogP contribution in [-0.4, -0.2) is 50.7 Å². The number of benzene rings is 2. The molecular formula is C24H25FN6OS. The number of hydrogen-bond donors (Lipinski definition) is 1. The Balaban J connectivity index is 1.40. The van der Waals surface area contributed by atoms with E-state index in [0.29, 0.717) is 16.4 Å². The van der Waals surface area contributed by atoms with Crippen LogP contribution >= 0.6 is 11.8 Å². The number of likely N-dealkylation sites (tertiary alicyclic amines) is 1. The van der Waals surface area contributed by atoms with Gasteiger partial charge in [-0.25, -0.2) is 19.3 Å². The third-order valence-corrected chi connectivity index (χ3v) is 6.88. The Hall–Kier alpha value is -3.17. The fourth-order valence-corrected chi connectivity index (χ4v) is 4.71. The van der Waals surface area contributed by atoms with E-state index in [0.717, 1.165) is 47.7 Å². The Bertz CT molecular complexity index is 1270. The Morgan fingerprint density at radius 1 is 1.09 bits per heavy atom. The van der Waals surface area contributed by atoms with Crippen molar-refractivity contribution in [3.05, 3.63) is 60.9 Å². The first-order valence-electron chi connectivity index (χ1n) is 10.9. The van der Waals surface area contributed by atoms with Crippen LogP contribution in [0.4, 0.5) is 15.9 Å². The lowest BCUT2D eigenvalue weighted by Gasteiger charge is -2.29. The van der Waals surface area contributed by atoms with E-state index >= 15 is 0 Å². The standard InChI is InChI=1S/C24H25FN6OS/c1-30-11-8-17(9-12-30)32-20-5-3-4-19-22(20)23(28-15-27-19)29-16-6-7-21(18(25)14-16)33-24-26-10-13-31(24)2/h3-7,10,13-15,17H,8-9,11-12H2,1-2H3,(H,27,28,29). The maximum absolute atomic E-state index is 14.9. The van der Waals surface area contributed by atoms with Gasteiger partial charge in [0.1, 0.15) is 29.8 Å². The molecular weight excluding hydrogens is 439 g/mol. The van der Waals surface area contributed by atoms with Gasteiger partial charge in [0.2, 0.25) is 0 Å². The van der Waals surface area contributed by atoms with E-state index in [1.165, 1.54) is 24.2 Å². The van der Waals surface area contributed by atoms with Crippen LogP contribution in [0, 0.1) is 5.82 Å². The third-order valence-electron chi connectivity index (χ3n) is 5.76. The van der Waals surface area contributed by atoms with Crippen molar-refractivity contribution in [3.63, 3.8) is 0 Å². The summed E-state index contributed by atoms with van der Waals surface area (Å²) in [5, 5.41) is 4.79. The molecule has 0 aliphatic carbocycles. The molecule has 1 saturated heterocycles. The first-order chi connectivity index (χ1) is 16.1. The Labute approximate surface area is 196 Å². The third kappa shape index (κ3) is 4.79. The average molecular weight is 465 g/mol. The fourth-order valence-electron chi connectivity index (χ4n) is 3.90. The number of rotatable bonds is 6. The summed E-state index contributed by atoms with van der Waals surface area (Å²) >= 11 is 1.29. The van der Waals surface area contributed by atoms with Gasteiger partial charge in [0.15, 0.2) is 5.16 Å². The van der Waals surface area contributed by atoms with Crippen molar-refractivity contribution >= 4 is 34.2 Å². The van der Waals surface area contributed by atoms with Crippen LogP contribution in [0.15, 0.2) is 65.2 Å². The molecule has 1 aliphatic heterocycles. The van der Waals surface area contributed by atoms with Crippen molar-refractivity contribution in [2.24, 2.45) is 7.05 Å². The molecule has 7 nitrogen and oxygen atoms in total. The molecule has 0 bridgehead atoms. The smallest absolute Gasteiger partial charge is 0.172 e. The minimum atomic E-state index is -0.325. The number of nitrogens with zero attached hydrogens (tertiary/aromatic N) is 5. The minimum absolute atomic E-state index is 0.153. The molecule has 5 rings (SSSR count). The van der Waals surface area contributed by atoms with E-state index in [9.17, 15) is 4.39 Å². The Morgan fingerprint density at radius 2 is 1.94 bits per heavy atom. The van der Waals surface area contributed by atoms with E-state index < -0.39 is 0 Å². The normalized spacial score (nSPS) is 15.1. The maximum atomic E-state index is 14.9. The summed E-state index contributed by atoms with van der Waals surface area (Å²) in [6.07, 6.45) is 7.14. The molecule has 0 radical (unpaired) electrons. The molecule has 9 heteroatoms. The fraction of sp³-hybridized carbons (Fsp3) is 0.292. The Morgan fingerprint density at radius 3 is 2.70 bits per heavy atom. The van der Waals surface area contributed by atoms with Crippen molar-refractivity contribution < 1.29 is 9.13 Å². The van der Waals surface area contributed by atoms with Gasteiger partial charge >= 0.3 is 0 Å². The highest BCUT2D eigenvalue weighted by Crippen LogP contribution is 2.35. The highest BCUT2D eigenvalue weighted by Gasteiger charge is 2.20. The molecule has 0 saturated carbocycles. The van der Waals surface area contributed by atoms with Crippen LogP contribution < -0.4 is 10.1 Å². The number of nitrogens with one attached hydrogen (secondary N) is 1. The van der Waals surface area contributed by atoms with E-state index in [-0.39, 0.29) is 11.9 Å². The molecule has 2 aromatic carbocycles. The molecule has 170 valence electrons. The molecule has 1 aliphatic rings. The number of ether oxygens (including phenoxy) is 1. The second-order valence-electron chi connectivity index (χ2n) is 8.19. The molecule has 0 atom stereocenters.